The van der Waals surface area contributed by atoms with E-state index < -0.39 is 0 Å². The Morgan fingerprint density at radius 2 is 1.59 bits per heavy atom. The van der Waals surface area contributed by atoms with Crippen molar-refractivity contribution in [3.05, 3.63) is 95.2 Å². The molecule has 0 aliphatic heterocycles. The van der Waals surface area contributed by atoms with E-state index in [2.05, 4.69) is 67.4 Å². The van der Waals surface area contributed by atoms with Gasteiger partial charge >= 0.3 is 0 Å². The summed E-state index contributed by atoms with van der Waals surface area (Å²) in [5.74, 6) is 0.572. The molecular formula is C25H26N2. The average Bonchev–Trinajstić information content (AvgIpc) is 2.68. The summed E-state index contributed by atoms with van der Waals surface area (Å²) in [5.41, 5.74) is 14.6. The number of nitrogen functional groups attached to an aromatic ring is 1. The lowest BCUT2D eigenvalue weighted by atomic mass is 9.67. The molecule has 136 valence electrons. The molecule has 2 N–H and O–H groups in total. The number of rotatable bonds is 0. The lowest BCUT2D eigenvalue weighted by molar-refractivity contribution is 0.512. The fraction of sp³-hybridized carbons (Fsp3) is 0.240. The van der Waals surface area contributed by atoms with E-state index in [1.165, 1.54) is 22.3 Å². The van der Waals surface area contributed by atoms with Crippen molar-refractivity contribution >= 4 is 5.82 Å². The summed E-state index contributed by atoms with van der Waals surface area (Å²) in [7, 11) is 0. The molecule has 0 unspecified atom stereocenters. The lowest BCUT2D eigenvalue weighted by Crippen LogP contribution is -2.28. The second-order valence-corrected chi connectivity index (χ2v) is 7.98. The third-order valence-corrected chi connectivity index (χ3v) is 5.54. The molecule has 2 nitrogen and oxygen atoms in total. The molecule has 2 aromatic carbocycles. The highest BCUT2D eigenvalue weighted by Crippen LogP contribution is 2.46. The zero-order chi connectivity index (χ0) is 18.9. The summed E-state index contributed by atoms with van der Waals surface area (Å²) < 4.78 is 0. The van der Waals surface area contributed by atoms with Crippen molar-refractivity contribution in [2.45, 2.75) is 38.5 Å². The van der Waals surface area contributed by atoms with Gasteiger partial charge in [0.2, 0.25) is 0 Å². The van der Waals surface area contributed by atoms with E-state index in [0.717, 1.165) is 19.3 Å². The maximum Gasteiger partial charge on any atom is 0.123 e. The highest BCUT2D eigenvalue weighted by Gasteiger charge is 2.33. The molecule has 27 heavy (non-hydrogen) atoms. The maximum atomic E-state index is 5.25. The minimum Gasteiger partial charge on any atom is -0.384 e. The van der Waals surface area contributed by atoms with Crippen molar-refractivity contribution in [2.75, 3.05) is 5.73 Å². The van der Waals surface area contributed by atoms with Crippen LogP contribution in [-0.4, -0.2) is 4.98 Å². The molecule has 5 rings (SSSR count). The van der Waals surface area contributed by atoms with Gasteiger partial charge in [-0.1, -0.05) is 68.5 Å². The van der Waals surface area contributed by atoms with Gasteiger partial charge in [-0.15, -0.1) is 0 Å². The lowest BCUT2D eigenvalue weighted by Gasteiger charge is -2.37. The molecule has 0 amide bonds. The zero-order valence-corrected chi connectivity index (χ0v) is 16.1. The van der Waals surface area contributed by atoms with Gasteiger partial charge in [0.05, 0.1) is 0 Å². The normalized spacial score (nSPS) is 15.6. The van der Waals surface area contributed by atoms with Crippen molar-refractivity contribution in [1.82, 2.24) is 4.98 Å². The number of nitrogens with two attached hydrogens (primary N) is 1. The Morgan fingerprint density at radius 1 is 0.815 bits per heavy atom. The van der Waals surface area contributed by atoms with Crippen LogP contribution in [0, 0.1) is 0 Å². The summed E-state index contributed by atoms with van der Waals surface area (Å²) in [6.45, 7) is 4.81. The Balaban J connectivity index is 0.000000218. The van der Waals surface area contributed by atoms with Gasteiger partial charge < -0.3 is 5.73 Å². The van der Waals surface area contributed by atoms with Crippen LogP contribution in [0.15, 0.2) is 72.9 Å². The smallest absolute Gasteiger partial charge is 0.123 e. The Bertz CT molecular complexity index is 984. The molecular weight excluding hydrogens is 328 g/mol. The SMILES string of the molecule is CC1(C)Cc2ccccc2-c2ccc3c(c21)CC=CC3.Nc1ccccn1. The van der Waals surface area contributed by atoms with Crippen LogP contribution in [0.2, 0.25) is 0 Å². The van der Waals surface area contributed by atoms with Crippen LogP contribution >= 0.6 is 0 Å². The Labute approximate surface area is 161 Å². The average molecular weight is 354 g/mol. The molecule has 0 saturated heterocycles. The van der Waals surface area contributed by atoms with Gasteiger partial charge in [0, 0.05) is 6.20 Å². The fourth-order valence-corrected chi connectivity index (χ4v) is 4.40. The minimum atomic E-state index is 0.236. The first-order valence-electron chi connectivity index (χ1n) is 9.61. The summed E-state index contributed by atoms with van der Waals surface area (Å²) in [4.78, 5) is 3.76. The van der Waals surface area contributed by atoms with Gasteiger partial charge in [0.15, 0.2) is 0 Å². The van der Waals surface area contributed by atoms with Gasteiger partial charge in [0.25, 0.3) is 0 Å². The molecule has 1 heterocycles. The largest absolute Gasteiger partial charge is 0.384 e. The van der Waals surface area contributed by atoms with Crippen LogP contribution in [-0.2, 0) is 24.7 Å². The number of allylic oxidation sites excluding steroid dienone is 2. The number of fused-ring (bicyclic) bond motifs is 5. The Hall–Kier alpha value is -2.87. The van der Waals surface area contributed by atoms with Crippen molar-refractivity contribution in [1.29, 1.82) is 0 Å². The molecule has 1 aromatic heterocycles. The number of benzene rings is 2. The van der Waals surface area contributed by atoms with E-state index >= 15 is 0 Å². The Morgan fingerprint density at radius 3 is 2.33 bits per heavy atom. The standard InChI is InChI=1S/C20H20.C5H6N2/c1-20(2)13-15-8-4-5-9-16(15)18-12-11-14-7-3-6-10-17(14)19(18)20;6-5-3-1-2-4-7-5/h3-6,8-9,11-12H,7,10,13H2,1-2H3;1-4H,(H2,6,7). The van der Waals surface area contributed by atoms with Crippen LogP contribution in [0.3, 0.4) is 0 Å². The highest BCUT2D eigenvalue weighted by molar-refractivity contribution is 5.77. The molecule has 0 fully saturated rings. The summed E-state index contributed by atoms with van der Waals surface area (Å²) >= 11 is 0. The molecule has 0 radical (unpaired) electrons. The minimum absolute atomic E-state index is 0.236. The van der Waals surface area contributed by atoms with Gasteiger partial charge in [0.1, 0.15) is 5.82 Å². The molecule has 2 aliphatic rings. The summed E-state index contributed by atoms with van der Waals surface area (Å²) in [6.07, 6.45) is 9.65. The third kappa shape index (κ3) is 3.40. The quantitative estimate of drug-likeness (QED) is 0.541. The van der Waals surface area contributed by atoms with E-state index in [9.17, 15) is 0 Å². The second-order valence-electron chi connectivity index (χ2n) is 7.98. The van der Waals surface area contributed by atoms with Crippen molar-refractivity contribution < 1.29 is 0 Å². The molecule has 3 aromatic rings. The van der Waals surface area contributed by atoms with Crippen LogP contribution < -0.4 is 5.73 Å². The van der Waals surface area contributed by atoms with E-state index in [4.69, 9.17) is 5.73 Å². The van der Waals surface area contributed by atoms with Crippen molar-refractivity contribution in [3.8, 4) is 11.1 Å². The van der Waals surface area contributed by atoms with Crippen LogP contribution in [0.1, 0.15) is 36.1 Å². The monoisotopic (exact) mass is 354 g/mol. The van der Waals surface area contributed by atoms with Gasteiger partial charge in [-0.3, -0.25) is 0 Å². The first-order valence-corrected chi connectivity index (χ1v) is 9.61. The molecule has 0 bridgehead atoms. The van der Waals surface area contributed by atoms with E-state index in [1.807, 2.05) is 12.1 Å². The number of nitrogens with zero attached hydrogens (tertiary/aromatic N) is 1. The first kappa shape index (κ1) is 17.5. The molecule has 0 saturated carbocycles. The van der Waals surface area contributed by atoms with Crippen LogP contribution in [0.4, 0.5) is 5.82 Å². The molecule has 2 aliphatic carbocycles. The predicted molar refractivity (Wildman–Crippen MR) is 114 cm³/mol. The zero-order valence-electron chi connectivity index (χ0n) is 16.1. The number of aromatic nitrogens is 1. The summed E-state index contributed by atoms with van der Waals surface area (Å²) in [5, 5.41) is 0. The van der Waals surface area contributed by atoms with Crippen molar-refractivity contribution in [2.24, 2.45) is 0 Å². The fourth-order valence-electron chi connectivity index (χ4n) is 4.40. The van der Waals surface area contributed by atoms with E-state index in [1.54, 1.807) is 23.4 Å². The first-order chi connectivity index (χ1) is 13.1. The van der Waals surface area contributed by atoms with Crippen LogP contribution in [0.25, 0.3) is 11.1 Å². The van der Waals surface area contributed by atoms with Gasteiger partial charge in [-0.05, 0) is 70.2 Å². The highest BCUT2D eigenvalue weighted by atomic mass is 14.8. The van der Waals surface area contributed by atoms with Gasteiger partial charge in [-0.2, -0.15) is 0 Å². The molecule has 0 atom stereocenters. The van der Waals surface area contributed by atoms with Crippen LogP contribution in [0.5, 0.6) is 0 Å². The third-order valence-electron chi connectivity index (χ3n) is 5.54. The Kier molecular flexibility index (Phi) is 4.57. The number of pyridine rings is 1. The van der Waals surface area contributed by atoms with E-state index in [-0.39, 0.29) is 5.41 Å². The molecule has 2 heteroatoms. The maximum absolute atomic E-state index is 5.25. The number of anilines is 1. The number of hydrogen-bond donors (Lipinski definition) is 1. The number of hydrogen-bond acceptors (Lipinski definition) is 2. The van der Waals surface area contributed by atoms with Gasteiger partial charge in [-0.25, -0.2) is 4.98 Å². The second kappa shape index (κ2) is 7.03. The van der Waals surface area contributed by atoms with Crippen molar-refractivity contribution in [3.63, 3.8) is 0 Å². The summed E-state index contributed by atoms with van der Waals surface area (Å²) in [6, 6.07) is 19.0. The predicted octanol–water partition coefficient (Wildman–Crippen LogP) is 5.51. The molecule has 0 spiro atoms. The topological polar surface area (TPSA) is 38.9 Å². The van der Waals surface area contributed by atoms with E-state index in [0.29, 0.717) is 5.82 Å².